The van der Waals surface area contributed by atoms with Crippen molar-refractivity contribution in [1.29, 1.82) is 0 Å². The van der Waals surface area contributed by atoms with Crippen molar-refractivity contribution in [1.82, 2.24) is 0 Å². The summed E-state index contributed by atoms with van der Waals surface area (Å²) < 4.78 is 0. The van der Waals surface area contributed by atoms with Gasteiger partial charge >= 0.3 is 5.97 Å². The monoisotopic (exact) mass is 813 g/mol. The molecule has 318 valence electrons. The number of nitrogens with two attached hydrogens (primary N) is 1. The summed E-state index contributed by atoms with van der Waals surface area (Å²) in [6.45, 7) is 0.640. The van der Waals surface area contributed by atoms with Gasteiger partial charge < -0.3 is 36.1 Å². The molecule has 60 heavy (non-hydrogen) atoms. The van der Waals surface area contributed by atoms with Gasteiger partial charge in [-0.25, -0.2) is 0 Å². The Hall–Kier alpha value is -4.50. The lowest BCUT2D eigenvalue weighted by molar-refractivity contribution is -0.161. The number of benzene rings is 3. The summed E-state index contributed by atoms with van der Waals surface area (Å²) in [4.78, 5) is 26.1. The highest BCUT2D eigenvalue weighted by atomic mass is 16.5. The molecule has 1 saturated carbocycles. The first-order chi connectivity index (χ1) is 29.1. The van der Waals surface area contributed by atoms with Crippen LogP contribution in [-0.2, 0) is 27.8 Å². The van der Waals surface area contributed by atoms with Crippen LogP contribution in [0.5, 0.6) is 5.75 Å². The average Bonchev–Trinajstić information content (AvgIpc) is 3.71. The summed E-state index contributed by atoms with van der Waals surface area (Å²) in [6, 6.07) is 22.0. The maximum Gasteiger partial charge on any atom is 0.308 e. The number of aryl methyl sites for hydroxylation is 1. The number of aliphatic carboxylic acids is 1. The second-order valence-electron chi connectivity index (χ2n) is 18.8. The van der Waals surface area contributed by atoms with Crippen LogP contribution in [0, 0.1) is 47.3 Å². The summed E-state index contributed by atoms with van der Waals surface area (Å²) in [6.07, 6.45) is 19.2. The highest BCUT2D eigenvalue weighted by molar-refractivity contribution is 5.74. The number of carboxylic acid groups (broad SMARTS) is 1. The Morgan fingerprint density at radius 1 is 0.933 bits per heavy atom. The van der Waals surface area contributed by atoms with E-state index in [0.717, 1.165) is 110 Å². The predicted octanol–water partition coefficient (Wildman–Crippen LogP) is 7.36. The number of fused-ring (bicyclic) bond motifs is 3. The summed E-state index contributed by atoms with van der Waals surface area (Å²) in [5.74, 6) is -2.55. The number of rotatable bonds is 13. The molecular formula is C52H63NO7. The van der Waals surface area contributed by atoms with E-state index >= 15 is 0 Å². The number of carbonyl (C=O) groups excluding carboxylic acids is 1. The number of carboxylic acids is 1. The quantitative estimate of drug-likeness (QED) is 0.0452. The molecule has 7 N–H and O–H groups in total. The minimum Gasteiger partial charge on any atom is -0.511 e. The first-order valence-corrected chi connectivity index (χ1v) is 22.6. The normalized spacial score (nSPS) is 30.1. The van der Waals surface area contributed by atoms with E-state index in [0.29, 0.717) is 37.5 Å². The van der Waals surface area contributed by atoms with Crippen LogP contribution in [-0.4, -0.2) is 50.6 Å². The second kappa shape index (κ2) is 18.2. The zero-order valence-corrected chi connectivity index (χ0v) is 34.7. The third-order valence-electron chi connectivity index (χ3n) is 15.5. The van der Waals surface area contributed by atoms with Crippen LogP contribution in [0.2, 0.25) is 0 Å². The fourth-order valence-corrected chi connectivity index (χ4v) is 12.6. The largest absolute Gasteiger partial charge is 0.511 e. The van der Waals surface area contributed by atoms with Gasteiger partial charge in [0.05, 0.1) is 5.92 Å². The van der Waals surface area contributed by atoms with Gasteiger partial charge in [-0.15, -0.1) is 0 Å². The van der Waals surface area contributed by atoms with Crippen LogP contribution in [0.25, 0.3) is 11.8 Å². The fourth-order valence-electron chi connectivity index (χ4n) is 12.6. The van der Waals surface area contributed by atoms with Gasteiger partial charge in [0, 0.05) is 28.4 Å². The molecule has 5 aliphatic rings. The molecule has 1 spiro atoms. The van der Waals surface area contributed by atoms with Crippen LogP contribution in [0.1, 0.15) is 105 Å². The van der Waals surface area contributed by atoms with Crippen molar-refractivity contribution >= 4 is 24.1 Å². The standard InChI is InChI=1S/C52H63NO7/c53-24-23-32-13-16-37(25-32)39(31-54)9-3-1-2-7-34-10-6-12-44(50(57)58)48(51(59)60)52-30-46-40(28-38-8-4-5-11-43(38)49(46)56)29-41(52)20-17-36-15-14-33(27-47(36)52)26-45(34)35-18-21-42(55)22-19-35/h4-6,8,11-12,14-15,18-19,21-22,25,27-28,31,34,37,39-41,44-46,48,50,55-58H,1-3,7,9-10,13,16-17,20,23-24,26,29-30,53H2,(H,59,60)/t34-,37+,39+,40+,41-,44?,45-,46+,48+,52+/m0/s1. The van der Waals surface area contributed by atoms with Crippen LogP contribution < -0.4 is 16.2 Å². The van der Waals surface area contributed by atoms with Gasteiger partial charge in [-0.3, -0.25) is 4.79 Å². The van der Waals surface area contributed by atoms with Gasteiger partial charge in [-0.1, -0.05) is 104 Å². The van der Waals surface area contributed by atoms with Crippen molar-refractivity contribution in [2.24, 2.45) is 53.1 Å². The van der Waals surface area contributed by atoms with E-state index in [1.165, 1.54) is 5.57 Å². The summed E-state index contributed by atoms with van der Waals surface area (Å²) >= 11 is 0. The maximum atomic E-state index is 13.9. The molecule has 0 radical (unpaired) electrons. The lowest BCUT2D eigenvalue weighted by Gasteiger charge is -2.57. The highest BCUT2D eigenvalue weighted by Gasteiger charge is 2.60. The van der Waals surface area contributed by atoms with Crippen LogP contribution in [0.3, 0.4) is 0 Å². The molecule has 1 fully saturated rings. The van der Waals surface area contributed by atoms with Crippen molar-refractivity contribution in [3.8, 4) is 5.75 Å². The average molecular weight is 814 g/mol. The Morgan fingerprint density at radius 2 is 1.75 bits per heavy atom. The number of carbonyl (C=O) groups is 2. The van der Waals surface area contributed by atoms with Crippen LogP contribution >= 0.6 is 0 Å². The van der Waals surface area contributed by atoms with E-state index in [9.17, 15) is 35.1 Å². The van der Waals surface area contributed by atoms with Crippen LogP contribution in [0.4, 0.5) is 0 Å². The smallest absolute Gasteiger partial charge is 0.308 e. The molecule has 0 aromatic heterocycles. The molecule has 0 aliphatic heterocycles. The number of unbranched alkanes of at least 4 members (excludes halogenated alkanes) is 2. The number of phenolic OH excluding ortho intramolecular Hbond substituents is 1. The topological polar surface area (TPSA) is 161 Å². The van der Waals surface area contributed by atoms with Crippen molar-refractivity contribution in [3.05, 3.63) is 123 Å². The van der Waals surface area contributed by atoms with Gasteiger partial charge in [-0.05, 0) is 146 Å². The van der Waals surface area contributed by atoms with Gasteiger partial charge in [0.25, 0.3) is 0 Å². The molecule has 2 bridgehead atoms. The Bertz CT molecular complexity index is 2210. The second-order valence-corrected chi connectivity index (χ2v) is 18.8. The number of allylic oxidation sites excluding steroid dienone is 2. The molecule has 8 heteroatoms. The van der Waals surface area contributed by atoms with Gasteiger partial charge in [-0.2, -0.15) is 0 Å². The zero-order chi connectivity index (χ0) is 42.0. The lowest BCUT2D eigenvalue weighted by atomic mass is 9.46. The Balaban J connectivity index is 1.14. The number of phenols is 1. The first-order valence-electron chi connectivity index (χ1n) is 22.6. The van der Waals surface area contributed by atoms with E-state index in [2.05, 4.69) is 30.4 Å². The molecule has 0 amide bonds. The molecule has 0 heterocycles. The van der Waals surface area contributed by atoms with E-state index in [4.69, 9.17) is 5.73 Å². The SMILES string of the molecule is NCCC1=C[C@H]([C@@H](C=O)CCCCC[C@H]2CC=CC(C(O)O)[C@H](C(=O)O)[C@]34C[C@H]5C(O)=c6ccccc6=C[C@@H]5C[C@@H]3CCc3ccc(cc34)C[C@@H]2c2ccc(O)cc2)CC1. The van der Waals surface area contributed by atoms with Gasteiger partial charge in [0.1, 0.15) is 17.8 Å². The molecule has 8 nitrogen and oxygen atoms in total. The predicted molar refractivity (Wildman–Crippen MR) is 234 cm³/mol. The van der Waals surface area contributed by atoms with E-state index in [1.807, 2.05) is 42.5 Å². The summed E-state index contributed by atoms with van der Waals surface area (Å²) in [5.41, 5.74) is 10.5. The van der Waals surface area contributed by atoms with Crippen molar-refractivity contribution in [2.45, 2.75) is 108 Å². The third kappa shape index (κ3) is 8.27. The van der Waals surface area contributed by atoms with Gasteiger partial charge in [0.15, 0.2) is 6.29 Å². The Morgan fingerprint density at radius 3 is 2.52 bits per heavy atom. The third-order valence-corrected chi connectivity index (χ3v) is 15.5. The highest BCUT2D eigenvalue weighted by Crippen LogP contribution is 2.61. The van der Waals surface area contributed by atoms with E-state index < -0.39 is 29.5 Å². The molecular weight excluding hydrogens is 751 g/mol. The number of aromatic hydroxyl groups is 1. The number of aldehydes is 1. The number of hydrogen-bond donors (Lipinski definition) is 6. The summed E-state index contributed by atoms with van der Waals surface area (Å²) in [7, 11) is 0. The summed E-state index contributed by atoms with van der Waals surface area (Å²) in [5, 5.41) is 57.9. The van der Waals surface area contributed by atoms with Crippen molar-refractivity contribution in [3.63, 3.8) is 0 Å². The fraction of sp³-hybridized carbons (Fsp3) is 0.500. The molecule has 5 aliphatic carbocycles. The molecule has 10 atom stereocenters. The number of hydrogen-bond acceptors (Lipinski definition) is 7. The molecule has 8 rings (SSSR count). The van der Waals surface area contributed by atoms with Crippen molar-refractivity contribution in [2.75, 3.05) is 6.54 Å². The Labute approximate surface area is 354 Å². The molecule has 3 aromatic rings. The minimum atomic E-state index is -1.90. The number of aliphatic hydroxyl groups is 3. The zero-order valence-electron chi connectivity index (χ0n) is 34.7. The van der Waals surface area contributed by atoms with E-state index in [1.54, 1.807) is 18.2 Å². The first kappa shape index (κ1) is 42.2. The van der Waals surface area contributed by atoms with Crippen molar-refractivity contribution < 1.29 is 35.1 Å². The molecule has 3 aromatic carbocycles. The maximum absolute atomic E-state index is 13.9. The molecule has 0 saturated heterocycles. The minimum absolute atomic E-state index is 0.0224. The van der Waals surface area contributed by atoms with Crippen LogP contribution in [0.15, 0.2) is 90.5 Å². The number of aliphatic hydroxyl groups excluding tert-OH is 2. The Kier molecular flexibility index (Phi) is 12.8. The van der Waals surface area contributed by atoms with E-state index in [-0.39, 0.29) is 41.3 Å². The van der Waals surface area contributed by atoms with Gasteiger partial charge in [0.2, 0.25) is 0 Å². The lowest BCUT2D eigenvalue weighted by Crippen LogP contribution is -2.58. The molecule has 1 unspecified atom stereocenters.